The highest BCUT2D eigenvalue weighted by atomic mass is 15.1. The number of rotatable bonds is 4. The maximum absolute atomic E-state index is 2.61. The van der Waals surface area contributed by atoms with Gasteiger partial charge in [0.05, 0.1) is 0 Å². The summed E-state index contributed by atoms with van der Waals surface area (Å²) < 4.78 is 0. The Kier molecular flexibility index (Phi) is 5.86. The van der Waals surface area contributed by atoms with Gasteiger partial charge in [0, 0.05) is 6.54 Å². The summed E-state index contributed by atoms with van der Waals surface area (Å²) >= 11 is 0. The molecule has 1 fully saturated rings. The third-order valence-corrected chi connectivity index (χ3v) is 4.95. The van der Waals surface area contributed by atoms with E-state index < -0.39 is 0 Å². The van der Waals surface area contributed by atoms with Gasteiger partial charge in [-0.05, 0) is 55.3 Å². The van der Waals surface area contributed by atoms with Crippen molar-refractivity contribution < 1.29 is 0 Å². The number of hydrogen-bond acceptors (Lipinski definition) is 1. The van der Waals surface area contributed by atoms with Gasteiger partial charge in [-0.15, -0.1) is 0 Å². The molecular weight excluding hydrogens is 266 g/mol. The van der Waals surface area contributed by atoms with Crippen LogP contribution in [0, 0.1) is 5.92 Å². The standard InChI is InChI=1S/C21H33N/c1-6-18-11-13-22(14-12-18)16-17(2)15-19-7-9-20(10-8-19)21(3,4)5/h7-10,15,18H,6,11-14,16H2,1-5H3. The molecular formula is C21H33N. The molecule has 0 N–H and O–H groups in total. The Bertz CT molecular complexity index is 482. The molecule has 1 heteroatoms. The van der Waals surface area contributed by atoms with Crippen LogP contribution in [0.25, 0.3) is 6.08 Å². The molecule has 122 valence electrons. The van der Waals surface area contributed by atoms with E-state index in [0.717, 1.165) is 12.5 Å². The number of nitrogens with zero attached hydrogens (tertiary/aromatic N) is 1. The van der Waals surface area contributed by atoms with Gasteiger partial charge in [0.15, 0.2) is 0 Å². The minimum absolute atomic E-state index is 0.237. The fraction of sp³-hybridized carbons (Fsp3) is 0.619. The minimum Gasteiger partial charge on any atom is -0.299 e. The molecule has 1 aliphatic rings. The minimum atomic E-state index is 0.237. The third-order valence-electron chi connectivity index (χ3n) is 4.95. The van der Waals surface area contributed by atoms with Crippen molar-refractivity contribution in [2.45, 2.75) is 59.3 Å². The van der Waals surface area contributed by atoms with Gasteiger partial charge in [-0.25, -0.2) is 0 Å². The van der Waals surface area contributed by atoms with Crippen LogP contribution < -0.4 is 0 Å². The van der Waals surface area contributed by atoms with Gasteiger partial charge >= 0.3 is 0 Å². The van der Waals surface area contributed by atoms with Crippen LogP contribution in [0.4, 0.5) is 0 Å². The molecule has 0 amide bonds. The van der Waals surface area contributed by atoms with Crippen LogP contribution in [0.1, 0.15) is 65.0 Å². The van der Waals surface area contributed by atoms with E-state index in [0.29, 0.717) is 0 Å². The molecule has 0 unspecified atom stereocenters. The van der Waals surface area contributed by atoms with Gasteiger partial charge in [0.1, 0.15) is 0 Å². The van der Waals surface area contributed by atoms with Crippen LogP contribution in [-0.4, -0.2) is 24.5 Å². The Morgan fingerprint density at radius 3 is 2.23 bits per heavy atom. The first-order chi connectivity index (χ1) is 10.4. The summed E-state index contributed by atoms with van der Waals surface area (Å²) in [7, 11) is 0. The fourth-order valence-electron chi connectivity index (χ4n) is 3.32. The number of hydrogen-bond donors (Lipinski definition) is 0. The Hall–Kier alpha value is -1.08. The molecule has 0 atom stereocenters. The van der Waals surface area contributed by atoms with Crippen molar-refractivity contribution in [1.29, 1.82) is 0 Å². The van der Waals surface area contributed by atoms with E-state index in [-0.39, 0.29) is 5.41 Å². The Morgan fingerprint density at radius 1 is 1.14 bits per heavy atom. The highest BCUT2D eigenvalue weighted by Crippen LogP contribution is 2.23. The van der Waals surface area contributed by atoms with Gasteiger partial charge in [-0.2, -0.15) is 0 Å². The molecule has 1 heterocycles. The highest BCUT2D eigenvalue weighted by Gasteiger charge is 2.17. The maximum atomic E-state index is 2.61. The first-order valence-corrected chi connectivity index (χ1v) is 8.88. The van der Waals surface area contributed by atoms with Crippen LogP contribution in [0.15, 0.2) is 29.8 Å². The monoisotopic (exact) mass is 299 g/mol. The van der Waals surface area contributed by atoms with Crippen LogP contribution >= 0.6 is 0 Å². The largest absolute Gasteiger partial charge is 0.299 e. The molecule has 0 spiro atoms. The summed E-state index contributed by atoms with van der Waals surface area (Å²) in [5.41, 5.74) is 4.44. The molecule has 2 rings (SSSR count). The van der Waals surface area contributed by atoms with Crippen molar-refractivity contribution in [3.63, 3.8) is 0 Å². The normalized spacial score (nSPS) is 18.7. The van der Waals surface area contributed by atoms with E-state index in [1.54, 1.807) is 0 Å². The lowest BCUT2D eigenvalue weighted by Crippen LogP contribution is -2.34. The second kappa shape index (κ2) is 7.46. The Labute approximate surface area is 137 Å². The third kappa shape index (κ3) is 4.98. The average molecular weight is 300 g/mol. The van der Waals surface area contributed by atoms with E-state index in [1.807, 2.05) is 0 Å². The molecule has 22 heavy (non-hydrogen) atoms. The lowest BCUT2D eigenvalue weighted by Gasteiger charge is -2.31. The van der Waals surface area contributed by atoms with Gasteiger partial charge in [0.2, 0.25) is 0 Å². The predicted molar refractivity (Wildman–Crippen MR) is 98.2 cm³/mol. The van der Waals surface area contributed by atoms with Gasteiger partial charge in [0.25, 0.3) is 0 Å². The van der Waals surface area contributed by atoms with E-state index in [9.17, 15) is 0 Å². The summed E-state index contributed by atoms with van der Waals surface area (Å²) in [4.78, 5) is 2.61. The average Bonchev–Trinajstić information content (AvgIpc) is 2.47. The predicted octanol–water partition coefficient (Wildman–Crippen LogP) is 5.51. The van der Waals surface area contributed by atoms with Crippen molar-refractivity contribution in [3.8, 4) is 0 Å². The fourth-order valence-corrected chi connectivity index (χ4v) is 3.32. The Balaban J connectivity index is 1.92. The molecule has 1 saturated heterocycles. The second-order valence-electron chi connectivity index (χ2n) is 7.99. The summed E-state index contributed by atoms with van der Waals surface area (Å²) in [6.45, 7) is 15.1. The van der Waals surface area contributed by atoms with Gasteiger partial charge in [-0.3, -0.25) is 4.90 Å². The summed E-state index contributed by atoms with van der Waals surface area (Å²) in [5, 5.41) is 0. The van der Waals surface area contributed by atoms with E-state index in [2.05, 4.69) is 69.9 Å². The molecule has 0 aliphatic carbocycles. The number of likely N-dealkylation sites (tertiary alicyclic amines) is 1. The lowest BCUT2D eigenvalue weighted by molar-refractivity contribution is 0.195. The van der Waals surface area contributed by atoms with Crippen molar-refractivity contribution in [3.05, 3.63) is 41.0 Å². The lowest BCUT2D eigenvalue weighted by atomic mass is 9.86. The molecule has 0 bridgehead atoms. The summed E-state index contributed by atoms with van der Waals surface area (Å²) in [6.07, 6.45) is 6.45. The highest BCUT2D eigenvalue weighted by molar-refractivity contribution is 5.53. The molecule has 0 aromatic heterocycles. The van der Waals surface area contributed by atoms with Crippen molar-refractivity contribution in [2.75, 3.05) is 19.6 Å². The molecule has 0 saturated carbocycles. The van der Waals surface area contributed by atoms with E-state index >= 15 is 0 Å². The Morgan fingerprint density at radius 2 is 1.73 bits per heavy atom. The van der Waals surface area contributed by atoms with Crippen molar-refractivity contribution in [2.24, 2.45) is 5.92 Å². The first kappa shape index (κ1) is 17.3. The zero-order valence-electron chi connectivity index (χ0n) is 15.2. The van der Waals surface area contributed by atoms with Crippen molar-refractivity contribution in [1.82, 2.24) is 4.90 Å². The summed E-state index contributed by atoms with van der Waals surface area (Å²) in [6, 6.07) is 9.05. The van der Waals surface area contributed by atoms with Crippen LogP contribution in [-0.2, 0) is 5.41 Å². The van der Waals surface area contributed by atoms with Crippen molar-refractivity contribution >= 4 is 6.08 Å². The SMILES string of the molecule is CCC1CCN(CC(C)=Cc2ccc(C(C)(C)C)cc2)CC1. The zero-order valence-corrected chi connectivity index (χ0v) is 15.2. The zero-order chi connectivity index (χ0) is 16.2. The van der Waals surface area contributed by atoms with Gasteiger partial charge in [-0.1, -0.05) is 70.0 Å². The second-order valence-corrected chi connectivity index (χ2v) is 7.99. The van der Waals surface area contributed by atoms with Crippen LogP contribution in [0.3, 0.4) is 0 Å². The molecule has 0 radical (unpaired) electrons. The number of benzene rings is 1. The molecule has 1 aromatic carbocycles. The quantitative estimate of drug-likeness (QED) is 0.708. The topological polar surface area (TPSA) is 3.24 Å². The smallest absolute Gasteiger partial charge is 0.0193 e. The maximum Gasteiger partial charge on any atom is 0.0193 e. The first-order valence-electron chi connectivity index (χ1n) is 8.88. The summed E-state index contributed by atoms with van der Waals surface area (Å²) in [5.74, 6) is 0.963. The van der Waals surface area contributed by atoms with Crippen LogP contribution in [0.2, 0.25) is 0 Å². The van der Waals surface area contributed by atoms with E-state index in [4.69, 9.17) is 0 Å². The molecule has 1 aromatic rings. The van der Waals surface area contributed by atoms with Gasteiger partial charge < -0.3 is 0 Å². The molecule has 1 aliphatic heterocycles. The number of piperidine rings is 1. The van der Waals surface area contributed by atoms with Crippen LogP contribution in [0.5, 0.6) is 0 Å². The van der Waals surface area contributed by atoms with E-state index in [1.165, 1.54) is 49.1 Å². The molecule has 1 nitrogen and oxygen atoms in total.